The van der Waals surface area contributed by atoms with Crippen LogP contribution in [0.1, 0.15) is 0 Å². The molecule has 0 N–H and O–H groups in total. The molecule has 0 fully saturated rings. The smallest absolute Gasteiger partial charge is 0.164 e. The summed E-state index contributed by atoms with van der Waals surface area (Å²) >= 11 is 1.85. The fourth-order valence-electron chi connectivity index (χ4n) is 11.6. The van der Waals surface area contributed by atoms with E-state index >= 15 is 0 Å². The molecule has 0 spiro atoms. The van der Waals surface area contributed by atoms with Crippen molar-refractivity contribution in [3.8, 4) is 67.8 Å². The summed E-state index contributed by atoms with van der Waals surface area (Å²) in [4.78, 5) is 15.7. The third kappa shape index (κ3) is 6.62. The molecule has 0 aliphatic rings. The van der Waals surface area contributed by atoms with Gasteiger partial charge < -0.3 is 13.6 Å². The van der Waals surface area contributed by atoms with E-state index in [1.54, 1.807) is 0 Å². The number of rotatable bonds is 7. The molecule has 0 radical (unpaired) electrons. The Labute approximate surface area is 439 Å². The molecule has 0 atom stereocenters. The zero-order valence-corrected chi connectivity index (χ0v) is 41.5. The predicted octanol–water partition coefficient (Wildman–Crippen LogP) is 18.7. The molecule has 5 heterocycles. The zero-order valence-electron chi connectivity index (χ0n) is 40.7. The Bertz CT molecular complexity index is 4980. The van der Waals surface area contributed by atoms with Gasteiger partial charge in [0.25, 0.3) is 0 Å². The largest absolute Gasteiger partial charge is 0.454 e. The van der Waals surface area contributed by atoms with Crippen molar-refractivity contribution in [2.75, 3.05) is 0 Å². The molecule has 0 unspecified atom stereocenters. The number of para-hydroxylation sites is 3. The predicted molar refractivity (Wildman–Crippen MR) is 316 cm³/mol. The fourth-order valence-corrected chi connectivity index (χ4v) is 12.7. The Morgan fingerprint density at radius 3 is 1.61 bits per heavy atom. The molecule has 7 heteroatoms. The van der Waals surface area contributed by atoms with E-state index in [1.165, 1.54) is 36.5 Å². The van der Waals surface area contributed by atoms with Crippen LogP contribution in [0.5, 0.6) is 0 Å². The van der Waals surface area contributed by atoms with E-state index < -0.39 is 0 Å². The summed E-state index contributed by atoms with van der Waals surface area (Å²) < 4.78 is 14.5. The van der Waals surface area contributed by atoms with Gasteiger partial charge in [0.2, 0.25) is 0 Å². The number of nitrogens with zero attached hydrogens (tertiary/aromatic N) is 5. The third-order valence-electron chi connectivity index (χ3n) is 15.2. The molecule has 354 valence electrons. The van der Waals surface area contributed by atoms with Crippen molar-refractivity contribution < 1.29 is 4.42 Å². The van der Waals surface area contributed by atoms with Crippen LogP contribution in [0.3, 0.4) is 0 Å². The highest BCUT2D eigenvalue weighted by Crippen LogP contribution is 2.46. The number of furan rings is 1. The van der Waals surface area contributed by atoms with E-state index in [9.17, 15) is 0 Å². The van der Waals surface area contributed by atoms with Crippen LogP contribution in [0.4, 0.5) is 0 Å². The number of aromatic nitrogens is 5. The SMILES string of the molecule is c1ccc(-c2ccc(-c3nc(-c4ccccc4)nc(-c4ccc(-n5c6ccc(-c7ccc8sc9ccccc9c8c7)cc6c6cc7c(cc65)c5ccccc5n7-c5ccccc5)c5oc6ccccc6c45)n3)cc2)cc1. The molecule has 0 saturated heterocycles. The molecule has 6 nitrogen and oxygen atoms in total. The molecule has 5 aromatic heterocycles. The summed E-state index contributed by atoms with van der Waals surface area (Å²) in [6.45, 7) is 0. The minimum Gasteiger partial charge on any atom is -0.454 e. The van der Waals surface area contributed by atoms with Gasteiger partial charge in [0.1, 0.15) is 5.58 Å². The monoisotopic (exact) mass is 987 g/mol. The highest BCUT2D eigenvalue weighted by Gasteiger charge is 2.25. The standard InChI is InChI=1S/C69H41N5OS/c1-4-16-42(17-5-1)43-28-30-45(31-29-43)68-70-67(44-18-6-2-7-19-44)71-69(72-68)52-34-36-59(66-65(52)51-24-11-14-26-62(51)75-66)74-58-35-32-46(47-33-37-64-56(39-47)50-23-12-15-27-63(50)76-64)38-53(58)55-41-60-54(40-61(55)74)49-22-10-13-25-57(49)73(60)48-20-8-3-9-21-48/h1-41H. The average Bonchev–Trinajstić information content (AvgIpc) is 4.37. The molecular weight excluding hydrogens is 947 g/mol. The van der Waals surface area contributed by atoms with Crippen LogP contribution in [-0.2, 0) is 0 Å². The van der Waals surface area contributed by atoms with Crippen LogP contribution in [0, 0.1) is 0 Å². The lowest BCUT2D eigenvalue weighted by molar-refractivity contribution is 0.666. The Balaban J connectivity index is 0.954. The first kappa shape index (κ1) is 42.5. The van der Waals surface area contributed by atoms with Crippen molar-refractivity contribution in [1.82, 2.24) is 24.1 Å². The van der Waals surface area contributed by atoms with Gasteiger partial charge in [-0.05, 0) is 101 Å². The van der Waals surface area contributed by atoms with Crippen molar-refractivity contribution in [3.05, 3.63) is 249 Å². The molecule has 0 amide bonds. The lowest BCUT2D eigenvalue weighted by Gasteiger charge is -2.13. The molecule has 16 aromatic rings. The van der Waals surface area contributed by atoms with E-state index in [2.05, 4.69) is 228 Å². The minimum atomic E-state index is 0.566. The van der Waals surface area contributed by atoms with Gasteiger partial charge in [-0.25, -0.2) is 15.0 Å². The molecular formula is C69H41N5OS. The zero-order chi connectivity index (χ0) is 49.8. The van der Waals surface area contributed by atoms with Gasteiger partial charge >= 0.3 is 0 Å². The van der Waals surface area contributed by atoms with E-state index in [-0.39, 0.29) is 0 Å². The van der Waals surface area contributed by atoms with Gasteiger partial charge in [0.05, 0.1) is 27.8 Å². The van der Waals surface area contributed by atoms with Crippen LogP contribution < -0.4 is 0 Å². The second-order valence-electron chi connectivity index (χ2n) is 19.5. The molecule has 11 aromatic carbocycles. The van der Waals surface area contributed by atoms with Crippen LogP contribution in [-0.4, -0.2) is 24.1 Å². The Hall–Kier alpha value is -9.95. The summed E-state index contributed by atoms with van der Waals surface area (Å²) in [5.74, 6) is 1.76. The van der Waals surface area contributed by atoms with Crippen LogP contribution in [0.25, 0.3) is 154 Å². The molecule has 0 aliphatic heterocycles. The Morgan fingerprint density at radius 2 is 0.829 bits per heavy atom. The topological polar surface area (TPSA) is 61.7 Å². The van der Waals surface area contributed by atoms with Crippen molar-refractivity contribution in [1.29, 1.82) is 0 Å². The fraction of sp³-hybridized carbons (Fsp3) is 0. The first-order valence-electron chi connectivity index (χ1n) is 25.6. The van der Waals surface area contributed by atoms with E-state index in [0.29, 0.717) is 17.5 Å². The summed E-state index contributed by atoms with van der Waals surface area (Å²) in [5, 5.41) is 9.15. The third-order valence-corrected chi connectivity index (χ3v) is 16.3. The Kier molecular flexibility index (Phi) is 9.40. The van der Waals surface area contributed by atoms with Crippen molar-refractivity contribution in [2.24, 2.45) is 0 Å². The lowest BCUT2D eigenvalue weighted by atomic mass is 10.0. The summed E-state index contributed by atoms with van der Waals surface area (Å²) in [5.41, 5.74) is 15.3. The first-order chi connectivity index (χ1) is 37.7. The van der Waals surface area contributed by atoms with Gasteiger partial charge in [-0.3, -0.25) is 0 Å². The normalized spacial score (nSPS) is 11.9. The maximum absolute atomic E-state index is 7.14. The molecule has 16 rings (SSSR count). The molecule has 0 saturated carbocycles. The number of thiophene rings is 1. The first-order valence-corrected chi connectivity index (χ1v) is 26.4. The second kappa shape index (κ2) is 16.8. The number of hydrogen-bond acceptors (Lipinski definition) is 5. The quantitative estimate of drug-likeness (QED) is 0.160. The summed E-state index contributed by atoms with van der Waals surface area (Å²) in [6.07, 6.45) is 0. The lowest BCUT2D eigenvalue weighted by Crippen LogP contribution is -2.01. The molecule has 76 heavy (non-hydrogen) atoms. The minimum absolute atomic E-state index is 0.566. The van der Waals surface area contributed by atoms with Crippen molar-refractivity contribution in [3.63, 3.8) is 0 Å². The van der Waals surface area contributed by atoms with Crippen molar-refractivity contribution >= 4 is 97.1 Å². The van der Waals surface area contributed by atoms with Gasteiger partial charge in [0.15, 0.2) is 23.1 Å². The maximum atomic E-state index is 7.14. The second-order valence-corrected chi connectivity index (χ2v) is 20.6. The highest BCUT2D eigenvalue weighted by molar-refractivity contribution is 7.25. The van der Waals surface area contributed by atoms with Crippen LogP contribution >= 0.6 is 11.3 Å². The highest BCUT2D eigenvalue weighted by atomic mass is 32.1. The van der Waals surface area contributed by atoms with Gasteiger partial charge in [-0.2, -0.15) is 0 Å². The van der Waals surface area contributed by atoms with Gasteiger partial charge in [0, 0.05) is 74.9 Å². The van der Waals surface area contributed by atoms with Crippen LogP contribution in [0.15, 0.2) is 253 Å². The molecule has 0 bridgehead atoms. The van der Waals surface area contributed by atoms with E-state index in [1.807, 2.05) is 41.7 Å². The number of hydrogen-bond donors (Lipinski definition) is 0. The number of fused-ring (bicyclic) bond motifs is 12. The van der Waals surface area contributed by atoms with E-state index in [4.69, 9.17) is 19.4 Å². The van der Waals surface area contributed by atoms with Crippen molar-refractivity contribution in [2.45, 2.75) is 0 Å². The van der Waals surface area contributed by atoms with Gasteiger partial charge in [-0.15, -0.1) is 11.3 Å². The van der Waals surface area contributed by atoms with E-state index in [0.717, 1.165) is 99.5 Å². The summed E-state index contributed by atoms with van der Waals surface area (Å²) in [7, 11) is 0. The number of benzene rings is 11. The average molecular weight is 988 g/mol. The van der Waals surface area contributed by atoms with Crippen LogP contribution in [0.2, 0.25) is 0 Å². The molecule has 0 aliphatic carbocycles. The Morgan fingerprint density at radius 1 is 0.316 bits per heavy atom. The summed E-state index contributed by atoms with van der Waals surface area (Å²) in [6, 6.07) is 88.6. The van der Waals surface area contributed by atoms with Gasteiger partial charge in [-0.1, -0.05) is 170 Å². The maximum Gasteiger partial charge on any atom is 0.164 e.